The van der Waals surface area contributed by atoms with Gasteiger partial charge in [-0.15, -0.1) is 11.3 Å². The molecule has 0 bridgehead atoms. The minimum atomic E-state index is -4.33. The van der Waals surface area contributed by atoms with Gasteiger partial charge in [-0.3, -0.25) is 0 Å². The molecule has 1 heterocycles. The van der Waals surface area contributed by atoms with Crippen molar-refractivity contribution in [2.75, 3.05) is 20.3 Å². The number of hydrogen-bond donors (Lipinski definition) is 1. The molecule has 0 saturated heterocycles. The minimum absolute atomic E-state index is 0.357. The normalized spacial score (nSPS) is 12.0. The zero-order valence-electron chi connectivity index (χ0n) is 8.80. The van der Waals surface area contributed by atoms with Crippen LogP contribution in [0.5, 0.6) is 0 Å². The van der Waals surface area contributed by atoms with Gasteiger partial charge in [-0.05, 0) is 13.0 Å². The number of hydrogen-bond acceptors (Lipinski definition) is 4. The van der Waals surface area contributed by atoms with Crippen molar-refractivity contribution in [2.45, 2.75) is 19.1 Å². The maximum absolute atomic E-state index is 12.2. The Morgan fingerprint density at radius 2 is 2.25 bits per heavy atom. The Morgan fingerprint density at radius 1 is 1.50 bits per heavy atom. The summed E-state index contributed by atoms with van der Waals surface area (Å²) in [5.74, 6) is 0. The molecular weight excluding hydrogens is 241 g/mol. The molecule has 0 aliphatic heterocycles. The van der Waals surface area contributed by atoms with Crippen LogP contribution in [0.25, 0.3) is 0 Å². The van der Waals surface area contributed by atoms with E-state index in [0.717, 1.165) is 6.42 Å². The third-order valence-electron chi connectivity index (χ3n) is 1.80. The van der Waals surface area contributed by atoms with E-state index in [9.17, 15) is 13.2 Å². The molecule has 0 radical (unpaired) electrons. The van der Waals surface area contributed by atoms with Crippen LogP contribution in [0.3, 0.4) is 0 Å². The molecule has 0 saturated carbocycles. The molecular formula is C9H13F3N2OS. The third kappa shape index (κ3) is 4.46. The highest BCUT2D eigenvalue weighted by atomic mass is 32.1. The Morgan fingerprint density at radius 3 is 2.81 bits per heavy atom. The topological polar surface area (TPSA) is 34.1 Å². The van der Waals surface area contributed by atoms with Gasteiger partial charge in [0.1, 0.15) is 0 Å². The molecule has 1 rings (SSSR count). The Labute approximate surface area is 95.6 Å². The molecule has 0 aromatic carbocycles. The van der Waals surface area contributed by atoms with Crippen molar-refractivity contribution in [3.05, 3.63) is 16.1 Å². The number of nitrogens with zero attached hydrogens (tertiary/aromatic N) is 1. The summed E-state index contributed by atoms with van der Waals surface area (Å²) in [6.45, 7) is 1.70. The monoisotopic (exact) mass is 254 g/mol. The number of ether oxygens (including phenoxy) is 1. The van der Waals surface area contributed by atoms with Gasteiger partial charge in [-0.25, -0.2) is 4.98 Å². The average Bonchev–Trinajstić information content (AvgIpc) is 2.65. The lowest BCUT2D eigenvalue weighted by molar-refractivity contribution is -0.137. The van der Waals surface area contributed by atoms with E-state index in [4.69, 9.17) is 4.74 Å². The lowest BCUT2D eigenvalue weighted by Crippen LogP contribution is -2.16. The fourth-order valence-corrected chi connectivity index (χ4v) is 1.76. The Hall–Kier alpha value is -0.660. The first-order valence-corrected chi connectivity index (χ1v) is 5.63. The highest BCUT2D eigenvalue weighted by Crippen LogP contribution is 2.31. The number of aromatic nitrogens is 1. The SMILES string of the molecule is COCCCNCc1csc(C(F)(F)F)n1. The van der Waals surface area contributed by atoms with E-state index in [1.165, 1.54) is 5.38 Å². The maximum atomic E-state index is 12.2. The zero-order valence-corrected chi connectivity index (χ0v) is 9.62. The molecule has 7 heteroatoms. The number of thiazole rings is 1. The third-order valence-corrected chi connectivity index (χ3v) is 2.74. The first kappa shape index (κ1) is 13.4. The van der Waals surface area contributed by atoms with E-state index in [1.54, 1.807) is 7.11 Å². The summed E-state index contributed by atoms with van der Waals surface area (Å²) in [6, 6.07) is 0. The van der Waals surface area contributed by atoms with Gasteiger partial charge in [0.05, 0.1) is 5.69 Å². The quantitative estimate of drug-likeness (QED) is 0.791. The van der Waals surface area contributed by atoms with Gasteiger partial charge in [0.15, 0.2) is 5.01 Å². The molecule has 0 unspecified atom stereocenters. The molecule has 0 aliphatic carbocycles. The van der Waals surface area contributed by atoms with Crippen molar-refractivity contribution < 1.29 is 17.9 Å². The van der Waals surface area contributed by atoms with Crippen LogP contribution in [0.15, 0.2) is 5.38 Å². The molecule has 0 fully saturated rings. The van der Waals surface area contributed by atoms with Gasteiger partial charge < -0.3 is 10.1 Å². The second-order valence-corrected chi connectivity index (χ2v) is 4.02. The minimum Gasteiger partial charge on any atom is -0.385 e. The second kappa shape index (κ2) is 6.17. The smallest absolute Gasteiger partial charge is 0.385 e. The molecule has 1 aromatic heterocycles. The van der Waals surface area contributed by atoms with Crippen LogP contribution in [0, 0.1) is 0 Å². The van der Waals surface area contributed by atoms with Crippen LogP contribution in [0.1, 0.15) is 17.1 Å². The van der Waals surface area contributed by atoms with Crippen molar-refractivity contribution in [3.8, 4) is 0 Å². The maximum Gasteiger partial charge on any atom is 0.443 e. The zero-order chi connectivity index (χ0) is 12.0. The van der Waals surface area contributed by atoms with E-state index in [1.807, 2.05) is 0 Å². The van der Waals surface area contributed by atoms with E-state index < -0.39 is 11.2 Å². The highest BCUT2D eigenvalue weighted by Gasteiger charge is 2.34. The molecule has 3 nitrogen and oxygen atoms in total. The summed E-state index contributed by atoms with van der Waals surface area (Å²) >= 11 is 0.624. The van der Waals surface area contributed by atoms with Gasteiger partial charge in [0.2, 0.25) is 0 Å². The Bertz CT molecular complexity index is 314. The first-order valence-electron chi connectivity index (χ1n) is 4.75. The largest absolute Gasteiger partial charge is 0.443 e. The highest BCUT2D eigenvalue weighted by molar-refractivity contribution is 7.09. The van der Waals surface area contributed by atoms with Gasteiger partial charge in [0, 0.05) is 25.6 Å². The van der Waals surface area contributed by atoms with Crippen LogP contribution in [-0.2, 0) is 17.5 Å². The molecule has 0 aliphatic rings. The van der Waals surface area contributed by atoms with Gasteiger partial charge in [-0.1, -0.05) is 0 Å². The van der Waals surface area contributed by atoms with Crippen molar-refractivity contribution in [2.24, 2.45) is 0 Å². The van der Waals surface area contributed by atoms with Crippen molar-refractivity contribution in [3.63, 3.8) is 0 Å². The summed E-state index contributed by atoms with van der Waals surface area (Å²) < 4.78 is 41.4. The molecule has 0 atom stereocenters. The van der Waals surface area contributed by atoms with E-state index in [-0.39, 0.29) is 0 Å². The average molecular weight is 254 g/mol. The van der Waals surface area contributed by atoms with Crippen LogP contribution in [0.4, 0.5) is 13.2 Å². The van der Waals surface area contributed by atoms with Gasteiger partial charge in [0.25, 0.3) is 0 Å². The Kier molecular flexibility index (Phi) is 5.17. The molecule has 16 heavy (non-hydrogen) atoms. The molecule has 0 spiro atoms. The lowest BCUT2D eigenvalue weighted by Gasteiger charge is -2.02. The van der Waals surface area contributed by atoms with Crippen molar-refractivity contribution in [1.29, 1.82) is 0 Å². The predicted molar refractivity (Wildman–Crippen MR) is 55.3 cm³/mol. The number of methoxy groups -OCH3 is 1. The van der Waals surface area contributed by atoms with Crippen LogP contribution in [0.2, 0.25) is 0 Å². The van der Waals surface area contributed by atoms with E-state index in [0.29, 0.717) is 36.7 Å². The molecule has 0 amide bonds. The summed E-state index contributed by atoms with van der Waals surface area (Å²) in [4.78, 5) is 3.50. The molecule has 1 aromatic rings. The second-order valence-electron chi connectivity index (χ2n) is 3.16. The fourth-order valence-electron chi connectivity index (χ4n) is 1.08. The van der Waals surface area contributed by atoms with E-state index in [2.05, 4.69) is 10.3 Å². The standard InChI is InChI=1S/C9H13F3N2OS/c1-15-4-2-3-13-5-7-6-16-8(14-7)9(10,11)12/h6,13H,2-5H2,1H3. The van der Waals surface area contributed by atoms with Crippen LogP contribution < -0.4 is 5.32 Å². The summed E-state index contributed by atoms with van der Waals surface area (Å²) in [5, 5.41) is 3.63. The van der Waals surface area contributed by atoms with Crippen LogP contribution in [-0.4, -0.2) is 25.2 Å². The number of halogens is 3. The van der Waals surface area contributed by atoms with Crippen molar-refractivity contribution >= 4 is 11.3 Å². The number of nitrogens with one attached hydrogen (secondary N) is 1. The van der Waals surface area contributed by atoms with Crippen LogP contribution >= 0.6 is 11.3 Å². The molecule has 1 N–H and O–H groups in total. The fraction of sp³-hybridized carbons (Fsp3) is 0.667. The summed E-state index contributed by atoms with van der Waals surface area (Å²) in [6.07, 6.45) is -3.51. The number of alkyl halides is 3. The lowest BCUT2D eigenvalue weighted by atomic mass is 10.4. The van der Waals surface area contributed by atoms with Crippen molar-refractivity contribution in [1.82, 2.24) is 10.3 Å². The van der Waals surface area contributed by atoms with Gasteiger partial charge in [-0.2, -0.15) is 13.2 Å². The molecule has 92 valence electrons. The first-order chi connectivity index (χ1) is 7.54. The summed E-state index contributed by atoms with van der Waals surface area (Å²) in [5.41, 5.74) is 0.426. The van der Waals surface area contributed by atoms with Gasteiger partial charge >= 0.3 is 6.18 Å². The summed E-state index contributed by atoms with van der Waals surface area (Å²) in [7, 11) is 1.61. The number of rotatable bonds is 6. The van der Waals surface area contributed by atoms with E-state index >= 15 is 0 Å². The Balaban J connectivity index is 2.30. The predicted octanol–water partition coefficient (Wildman–Crippen LogP) is 2.29.